The van der Waals surface area contributed by atoms with E-state index in [4.69, 9.17) is 0 Å². The Labute approximate surface area is 110 Å². The van der Waals surface area contributed by atoms with Crippen LogP contribution in [0.15, 0.2) is 23.2 Å². The molecule has 1 aliphatic heterocycles. The van der Waals surface area contributed by atoms with Crippen molar-refractivity contribution in [3.05, 3.63) is 33.9 Å². The highest BCUT2D eigenvalue weighted by atomic mass is 32.2. The third kappa shape index (κ3) is 3.16. The molecule has 0 saturated heterocycles. The average molecular weight is 291 g/mol. The fourth-order valence-electron chi connectivity index (χ4n) is 1.49. The minimum absolute atomic E-state index is 0.00569. The number of benzene rings is 1. The maximum Gasteiger partial charge on any atom is 0.416 e. The lowest BCUT2D eigenvalue weighted by molar-refractivity contribution is -0.384. The molecule has 0 saturated carbocycles. The molecule has 0 aliphatic carbocycles. The smallest absolute Gasteiger partial charge is 0.329 e. The molecule has 1 heterocycles. The van der Waals surface area contributed by atoms with Crippen LogP contribution in [0.5, 0.6) is 0 Å². The van der Waals surface area contributed by atoms with Gasteiger partial charge in [-0.25, -0.2) is 0 Å². The summed E-state index contributed by atoms with van der Waals surface area (Å²) in [5.74, 6) is 0.747. The van der Waals surface area contributed by atoms with Gasteiger partial charge in [0, 0.05) is 11.8 Å². The lowest BCUT2D eigenvalue weighted by Gasteiger charge is -2.10. The lowest BCUT2D eigenvalue weighted by atomic mass is 10.1. The molecule has 1 N–H and O–H groups in total. The minimum atomic E-state index is -4.61. The highest BCUT2D eigenvalue weighted by Gasteiger charge is 2.33. The van der Waals surface area contributed by atoms with Gasteiger partial charge in [-0.1, -0.05) is 11.8 Å². The monoisotopic (exact) mass is 291 g/mol. The normalized spacial score (nSPS) is 15.2. The van der Waals surface area contributed by atoms with Crippen molar-refractivity contribution in [1.82, 2.24) is 0 Å². The van der Waals surface area contributed by atoms with E-state index in [-0.39, 0.29) is 5.69 Å². The summed E-state index contributed by atoms with van der Waals surface area (Å²) < 4.78 is 37.5. The van der Waals surface area contributed by atoms with Crippen molar-refractivity contribution in [3.8, 4) is 0 Å². The molecule has 0 spiro atoms. The summed E-state index contributed by atoms with van der Waals surface area (Å²) in [5.41, 5.74) is -1.66. The highest BCUT2D eigenvalue weighted by Crippen LogP contribution is 2.35. The molecule has 0 aromatic heterocycles. The van der Waals surface area contributed by atoms with Crippen LogP contribution in [0.3, 0.4) is 0 Å². The highest BCUT2D eigenvalue weighted by molar-refractivity contribution is 8.14. The first-order chi connectivity index (χ1) is 8.88. The molecule has 0 unspecified atom stereocenters. The SMILES string of the molecule is O=[N+]([O-])c1cc(C(F)(F)F)ccc1NC1=NCCS1. The molecule has 5 nitrogen and oxygen atoms in total. The van der Waals surface area contributed by atoms with Crippen LogP contribution in [0.25, 0.3) is 0 Å². The molecule has 19 heavy (non-hydrogen) atoms. The Hall–Kier alpha value is -1.77. The number of nitrogens with zero attached hydrogens (tertiary/aromatic N) is 2. The van der Waals surface area contributed by atoms with Crippen molar-refractivity contribution in [1.29, 1.82) is 0 Å². The van der Waals surface area contributed by atoms with E-state index >= 15 is 0 Å². The number of aliphatic imine (C=N–C) groups is 1. The van der Waals surface area contributed by atoms with Crippen LogP contribution in [-0.4, -0.2) is 22.4 Å². The number of nitro groups is 1. The van der Waals surface area contributed by atoms with E-state index in [1.54, 1.807) is 0 Å². The van der Waals surface area contributed by atoms with Crippen LogP contribution in [0.4, 0.5) is 24.5 Å². The molecule has 0 atom stereocenters. The maximum atomic E-state index is 12.5. The number of rotatable bonds is 2. The van der Waals surface area contributed by atoms with Crippen LogP contribution in [0, 0.1) is 10.1 Å². The molecule has 0 bridgehead atoms. The van der Waals surface area contributed by atoms with Gasteiger partial charge in [0.25, 0.3) is 5.69 Å². The molecule has 102 valence electrons. The first-order valence-electron chi connectivity index (χ1n) is 5.18. The van der Waals surface area contributed by atoms with Gasteiger partial charge in [-0.3, -0.25) is 15.1 Å². The van der Waals surface area contributed by atoms with Crippen LogP contribution < -0.4 is 5.32 Å². The van der Waals surface area contributed by atoms with Crippen molar-refractivity contribution in [3.63, 3.8) is 0 Å². The van der Waals surface area contributed by atoms with E-state index in [9.17, 15) is 23.3 Å². The van der Waals surface area contributed by atoms with E-state index in [0.717, 1.165) is 17.9 Å². The quantitative estimate of drug-likeness (QED) is 0.671. The van der Waals surface area contributed by atoms with Gasteiger partial charge < -0.3 is 5.32 Å². The van der Waals surface area contributed by atoms with E-state index in [1.165, 1.54) is 11.8 Å². The largest absolute Gasteiger partial charge is 0.416 e. The van der Waals surface area contributed by atoms with Gasteiger partial charge >= 0.3 is 6.18 Å². The second-order valence-electron chi connectivity index (χ2n) is 3.65. The van der Waals surface area contributed by atoms with Crippen molar-refractivity contribution < 1.29 is 18.1 Å². The molecular weight excluding hydrogens is 283 g/mol. The Bertz CT molecular complexity index is 545. The predicted octanol–water partition coefficient (Wildman–Crippen LogP) is 3.13. The van der Waals surface area contributed by atoms with Crippen molar-refractivity contribution >= 4 is 28.3 Å². The Morgan fingerprint density at radius 3 is 2.68 bits per heavy atom. The van der Waals surface area contributed by atoms with Crippen LogP contribution in [-0.2, 0) is 6.18 Å². The molecule has 2 rings (SSSR count). The van der Waals surface area contributed by atoms with E-state index in [1.807, 2.05) is 0 Å². The summed E-state index contributed by atoms with van der Waals surface area (Å²) in [7, 11) is 0. The third-order valence-electron chi connectivity index (χ3n) is 2.35. The Balaban J connectivity index is 2.35. The third-order valence-corrected chi connectivity index (χ3v) is 3.24. The summed E-state index contributed by atoms with van der Waals surface area (Å²) >= 11 is 1.36. The van der Waals surface area contributed by atoms with E-state index < -0.39 is 22.4 Å². The van der Waals surface area contributed by atoms with Crippen LogP contribution >= 0.6 is 11.8 Å². The molecule has 9 heteroatoms. The molecular formula is C10H8F3N3O2S. The number of alkyl halides is 3. The van der Waals surface area contributed by atoms with Gasteiger partial charge in [-0.15, -0.1) is 0 Å². The second kappa shape index (κ2) is 5.08. The lowest BCUT2D eigenvalue weighted by Crippen LogP contribution is -2.10. The zero-order valence-electron chi connectivity index (χ0n) is 9.40. The fraction of sp³-hybridized carbons (Fsp3) is 0.300. The van der Waals surface area contributed by atoms with Gasteiger partial charge in [0.05, 0.1) is 17.0 Å². The molecule has 0 amide bonds. The summed E-state index contributed by atoms with van der Waals surface area (Å²) in [5, 5.41) is 14.0. The number of thioether (sulfide) groups is 1. The summed E-state index contributed by atoms with van der Waals surface area (Å²) in [6, 6.07) is 2.36. The first-order valence-corrected chi connectivity index (χ1v) is 6.16. The van der Waals surface area contributed by atoms with Crippen molar-refractivity contribution in [2.75, 3.05) is 17.6 Å². The number of hydrogen-bond donors (Lipinski definition) is 1. The number of anilines is 1. The number of amidine groups is 1. The standard InChI is InChI=1S/C10H8F3N3O2S/c11-10(12,13)6-1-2-7(8(5-6)16(17)18)15-9-14-3-4-19-9/h1-2,5H,3-4H2,(H,14,15). The van der Waals surface area contributed by atoms with Gasteiger partial charge in [0.1, 0.15) is 5.69 Å². The topological polar surface area (TPSA) is 67.5 Å². The number of nitrogens with one attached hydrogen (secondary N) is 1. The van der Waals surface area contributed by atoms with Crippen LogP contribution in [0.1, 0.15) is 5.56 Å². The van der Waals surface area contributed by atoms with Gasteiger partial charge in [-0.05, 0) is 12.1 Å². The summed E-state index contributed by atoms with van der Waals surface area (Å²) in [4.78, 5) is 14.0. The minimum Gasteiger partial charge on any atom is -0.329 e. The van der Waals surface area contributed by atoms with Gasteiger partial charge in [0.15, 0.2) is 5.17 Å². The van der Waals surface area contributed by atoms with Gasteiger partial charge in [-0.2, -0.15) is 13.2 Å². The zero-order valence-corrected chi connectivity index (χ0v) is 10.2. The number of halogens is 3. The maximum absolute atomic E-state index is 12.5. The van der Waals surface area contributed by atoms with Crippen LogP contribution in [0.2, 0.25) is 0 Å². The Morgan fingerprint density at radius 2 is 2.16 bits per heavy atom. The molecule has 0 fully saturated rings. The fourth-order valence-corrected chi connectivity index (χ4v) is 2.23. The predicted molar refractivity (Wildman–Crippen MR) is 66.5 cm³/mol. The molecule has 1 aromatic carbocycles. The van der Waals surface area contributed by atoms with E-state index in [0.29, 0.717) is 17.8 Å². The summed E-state index contributed by atoms with van der Waals surface area (Å²) in [6.45, 7) is 0.585. The number of hydrogen-bond acceptors (Lipinski definition) is 5. The molecule has 0 radical (unpaired) electrons. The zero-order chi connectivity index (χ0) is 14.0. The number of nitro benzene ring substituents is 1. The molecule has 1 aromatic rings. The molecule has 1 aliphatic rings. The van der Waals surface area contributed by atoms with E-state index in [2.05, 4.69) is 10.3 Å². The second-order valence-corrected chi connectivity index (χ2v) is 4.73. The average Bonchev–Trinajstić information content (AvgIpc) is 2.80. The van der Waals surface area contributed by atoms with Crippen molar-refractivity contribution in [2.24, 2.45) is 4.99 Å². The van der Waals surface area contributed by atoms with Crippen molar-refractivity contribution in [2.45, 2.75) is 6.18 Å². The Kier molecular flexibility index (Phi) is 3.65. The first kappa shape index (κ1) is 13.7. The summed E-state index contributed by atoms with van der Waals surface area (Å²) in [6.07, 6.45) is -4.61. The van der Waals surface area contributed by atoms with Gasteiger partial charge in [0.2, 0.25) is 0 Å². The Morgan fingerprint density at radius 1 is 1.42 bits per heavy atom.